The lowest BCUT2D eigenvalue weighted by atomic mass is 10.3. The van der Waals surface area contributed by atoms with E-state index in [1.165, 1.54) is 24.3 Å². The molecule has 0 aromatic heterocycles. The lowest BCUT2D eigenvalue weighted by molar-refractivity contribution is -0.383. The van der Waals surface area contributed by atoms with Crippen molar-refractivity contribution in [3.8, 4) is 0 Å². The maximum Gasteiger partial charge on any atom is 0.293 e. The highest BCUT2D eigenvalue weighted by Gasteiger charge is 2.17. The normalized spacial score (nSPS) is 11.0. The third-order valence-electron chi connectivity index (χ3n) is 1.51. The minimum atomic E-state index is -3.72. The number of halogens is 1. The number of nitro benzene ring substituents is 1. The molecular formula is C7H7ClN2O4S. The molecule has 15 heavy (non-hydrogen) atoms. The average Bonchev–Trinajstić information content (AvgIpc) is 2.18. The van der Waals surface area contributed by atoms with Gasteiger partial charge in [-0.2, -0.15) is 0 Å². The van der Waals surface area contributed by atoms with Crippen molar-refractivity contribution in [3.63, 3.8) is 0 Å². The molecule has 8 heteroatoms. The van der Waals surface area contributed by atoms with Gasteiger partial charge in [0.25, 0.3) is 5.69 Å². The summed E-state index contributed by atoms with van der Waals surface area (Å²) in [5, 5.41) is 9.88. The van der Waals surface area contributed by atoms with E-state index in [-0.39, 0.29) is 11.4 Å². The summed E-state index contributed by atoms with van der Waals surface area (Å²) in [6.07, 6.45) is 0. The van der Waals surface area contributed by atoms with Gasteiger partial charge in [-0.1, -0.05) is 12.1 Å². The maximum atomic E-state index is 11.1. The van der Waals surface area contributed by atoms with Crippen molar-refractivity contribution in [1.29, 1.82) is 0 Å². The fourth-order valence-corrected chi connectivity index (χ4v) is 1.64. The Balaban J connectivity index is 3.10. The van der Waals surface area contributed by atoms with E-state index >= 15 is 0 Å². The molecule has 0 spiro atoms. The number of nitro groups is 1. The van der Waals surface area contributed by atoms with Crippen LogP contribution in [0.3, 0.4) is 0 Å². The number of para-hydroxylation sites is 2. The fraction of sp³-hybridized carbons (Fsp3) is 0.143. The van der Waals surface area contributed by atoms with Gasteiger partial charge >= 0.3 is 0 Å². The van der Waals surface area contributed by atoms with Crippen molar-refractivity contribution in [2.75, 3.05) is 9.93 Å². The van der Waals surface area contributed by atoms with Crippen LogP contribution in [0, 0.1) is 10.1 Å². The molecule has 0 amide bonds. The Bertz CT molecular complexity index is 474. The molecule has 0 atom stereocenters. The van der Waals surface area contributed by atoms with Crippen LogP contribution in [0.25, 0.3) is 0 Å². The molecule has 1 aromatic rings. The van der Waals surface area contributed by atoms with Crippen molar-refractivity contribution in [2.24, 2.45) is 0 Å². The molecule has 0 aliphatic carbocycles. The molecule has 1 aromatic carbocycles. The fourth-order valence-electron chi connectivity index (χ4n) is 0.914. The van der Waals surface area contributed by atoms with Gasteiger partial charge in [-0.05, 0) is 6.07 Å². The minimum Gasteiger partial charge on any atom is -0.276 e. The lowest BCUT2D eigenvalue weighted by Crippen LogP contribution is -2.14. The summed E-state index contributed by atoms with van der Waals surface area (Å²) in [4.78, 5) is 9.86. The third-order valence-corrected chi connectivity index (χ3v) is 3.19. The zero-order chi connectivity index (χ0) is 11.5. The van der Waals surface area contributed by atoms with Crippen LogP contribution in [0.5, 0.6) is 0 Å². The molecule has 1 N–H and O–H groups in total. The SMILES string of the molecule is O=[N+]([O-])c1ccccc1NS(=O)(=O)CCl. The van der Waals surface area contributed by atoms with Gasteiger partial charge in [0.2, 0.25) is 10.0 Å². The number of nitrogens with one attached hydrogen (secondary N) is 1. The molecule has 82 valence electrons. The summed E-state index contributed by atoms with van der Waals surface area (Å²) in [5.41, 5.74) is -0.408. The Morgan fingerprint density at radius 1 is 1.40 bits per heavy atom. The quantitative estimate of drug-likeness (QED) is 0.499. The Labute approximate surface area is 91.1 Å². The molecular weight excluding hydrogens is 244 g/mol. The first-order valence-electron chi connectivity index (χ1n) is 3.76. The van der Waals surface area contributed by atoms with Crippen LogP contribution in [0.15, 0.2) is 24.3 Å². The number of hydrogen-bond acceptors (Lipinski definition) is 4. The standard InChI is InChI=1S/C7H7ClN2O4S/c8-5-15(13,14)9-6-3-1-2-4-7(6)10(11)12/h1-4,9H,5H2. The first-order valence-corrected chi connectivity index (χ1v) is 5.95. The molecule has 0 aliphatic heterocycles. The second-order valence-electron chi connectivity index (χ2n) is 2.60. The van der Waals surface area contributed by atoms with E-state index in [0.29, 0.717) is 0 Å². The van der Waals surface area contributed by atoms with Crippen molar-refractivity contribution < 1.29 is 13.3 Å². The van der Waals surface area contributed by atoms with Crippen molar-refractivity contribution in [1.82, 2.24) is 0 Å². The zero-order valence-electron chi connectivity index (χ0n) is 7.38. The first-order chi connectivity index (χ1) is 6.96. The van der Waals surface area contributed by atoms with E-state index < -0.39 is 20.2 Å². The number of rotatable bonds is 4. The van der Waals surface area contributed by atoms with Crippen LogP contribution in [0.2, 0.25) is 0 Å². The molecule has 6 nitrogen and oxygen atoms in total. The Morgan fingerprint density at radius 2 is 2.00 bits per heavy atom. The maximum absolute atomic E-state index is 11.1. The Kier molecular flexibility index (Phi) is 3.48. The van der Waals surface area contributed by atoms with Crippen LogP contribution in [0.1, 0.15) is 0 Å². The predicted molar refractivity (Wildman–Crippen MR) is 56.4 cm³/mol. The molecule has 0 aliphatic rings. The summed E-state index contributed by atoms with van der Waals surface area (Å²) in [6, 6.07) is 5.42. The highest BCUT2D eigenvalue weighted by Crippen LogP contribution is 2.24. The van der Waals surface area contributed by atoms with Gasteiger partial charge in [0.05, 0.1) is 4.92 Å². The molecule has 0 heterocycles. The summed E-state index contributed by atoms with van der Waals surface area (Å²) in [5.74, 6) is 0. The second kappa shape index (κ2) is 4.45. The van der Waals surface area contributed by atoms with Gasteiger partial charge in [-0.25, -0.2) is 8.42 Å². The van der Waals surface area contributed by atoms with Crippen LogP contribution in [0.4, 0.5) is 11.4 Å². The monoisotopic (exact) mass is 250 g/mol. The van der Waals surface area contributed by atoms with Gasteiger partial charge in [-0.3, -0.25) is 14.8 Å². The Hall–Kier alpha value is -1.34. The van der Waals surface area contributed by atoms with E-state index in [9.17, 15) is 18.5 Å². The molecule has 0 unspecified atom stereocenters. The smallest absolute Gasteiger partial charge is 0.276 e. The summed E-state index contributed by atoms with van der Waals surface area (Å²) < 4.78 is 24.2. The van der Waals surface area contributed by atoms with Gasteiger partial charge in [0.1, 0.15) is 10.9 Å². The molecule has 1 rings (SSSR count). The molecule has 0 radical (unpaired) electrons. The van der Waals surface area contributed by atoms with Crippen molar-refractivity contribution >= 4 is 33.0 Å². The van der Waals surface area contributed by atoms with Crippen LogP contribution >= 0.6 is 11.6 Å². The topological polar surface area (TPSA) is 89.3 Å². The summed E-state index contributed by atoms with van der Waals surface area (Å²) >= 11 is 5.15. The number of benzene rings is 1. The highest BCUT2D eigenvalue weighted by atomic mass is 35.5. The first kappa shape index (κ1) is 11.7. The highest BCUT2D eigenvalue weighted by molar-refractivity contribution is 7.93. The number of alkyl halides is 1. The van der Waals surface area contributed by atoms with Crippen LogP contribution in [-0.4, -0.2) is 18.6 Å². The second-order valence-corrected chi connectivity index (χ2v) is 4.91. The number of anilines is 1. The lowest BCUT2D eigenvalue weighted by Gasteiger charge is -2.04. The number of hydrogen-bond donors (Lipinski definition) is 1. The van der Waals surface area contributed by atoms with Crippen LogP contribution < -0.4 is 4.72 Å². The van der Waals surface area contributed by atoms with E-state index in [1.807, 2.05) is 4.72 Å². The summed E-state index contributed by atoms with van der Waals surface area (Å²) in [7, 11) is -3.72. The largest absolute Gasteiger partial charge is 0.293 e. The van der Waals surface area contributed by atoms with E-state index in [0.717, 1.165) is 0 Å². The van der Waals surface area contributed by atoms with Gasteiger partial charge in [-0.15, -0.1) is 11.6 Å². The molecule has 0 fully saturated rings. The number of nitrogens with zero attached hydrogens (tertiary/aromatic N) is 1. The molecule has 0 saturated carbocycles. The molecule has 0 saturated heterocycles. The van der Waals surface area contributed by atoms with Crippen molar-refractivity contribution in [2.45, 2.75) is 0 Å². The average molecular weight is 251 g/mol. The van der Waals surface area contributed by atoms with Gasteiger partial charge < -0.3 is 0 Å². The van der Waals surface area contributed by atoms with E-state index in [2.05, 4.69) is 0 Å². The zero-order valence-corrected chi connectivity index (χ0v) is 8.96. The van der Waals surface area contributed by atoms with Crippen LogP contribution in [-0.2, 0) is 10.0 Å². The van der Waals surface area contributed by atoms with Gasteiger partial charge in [0, 0.05) is 6.07 Å². The van der Waals surface area contributed by atoms with Crippen molar-refractivity contribution in [3.05, 3.63) is 34.4 Å². The van der Waals surface area contributed by atoms with Gasteiger partial charge in [0.15, 0.2) is 0 Å². The predicted octanol–water partition coefficient (Wildman–Crippen LogP) is 1.53. The van der Waals surface area contributed by atoms with E-state index in [1.54, 1.807) is 0 Å². The summed E-state index contributed by atoms with van der Waals surface area (Å²) in [6.45, 7) is 0. The Morgan fingerprint density at radius 3 is 2.53 bits per heavy atom. The molecule has 0 bridgehead atoms. The third kappa shape index (κ3) is 3.07. The number of sulfonamides is 1. The minimum absolute atomic E-state index is 0.0943. The van der Waals surface area contributed by atoms with E-state index in [4.69, 9.17) is 11.6 Å².